The van der Waals surface area contributed by atoms with Crippen LogP contribution in [0.4, 0.5) is 16.2 Å². The lowest BCUT2D eigenvalue weighted by Gasteiger charge is -2.24. The standard InChI is InChI=1S/C66H71Br2N9O11/c1-40(2)59(73-53(79)28-31-86-33-35-88-36-34-87-32-30-75-64(83)56(67)57(68)65(75)84)52(78)38-47(15-12-29-71-66(70)85)62(81)72-48-24-20-43(21-25-48)39-76-42(4)19-22-45-37-46(23-27-51(45)76)54-41(3)18-26-50(58(54)69)61(80)55-60(44-13-8-6-9-14-44)74(5)77(63(55)82)49-16-10-7-11-17-49/h6-11,13-14,16-27,37,40,47,59H,12,15,28-36,38-39H2,1-5H3,(H6-,69,70,71,72,73,79,80,81,85)/p+1/t47-,59+/m1/s1. The van der Waals surface area contributed by atoms with Crippen LogP contribution in [0.3, 0.4) is 0 Å². The molecule has 0 aliphatic carbocycles. The number of nitrogens with one attached hydrogen (secondary N) is 3. The van der Waals surface area contributed by atoms with Crippen LogP contribution in [0.15, 0.2) is 141 Å². The monoisotopic (exact) mass is 1320 g/mol. The third-order valence-electron chi connectivity index (χ3n) is 15.3. The fourth-order valence-corrected chi connectivity index (χ4v) is 11.4. The average molecular weight is 1330 g/mol. The summed E-state index contributed by atoms with van der Waals surface area (Å²) >= 11 is 6.18. The molecular weight excluding hydrogens is 1250 g/mol. The topological polar surface area (TPSA) is 269 Å². The number of benzene rings is 5. The van der Waals surface area contributed by atoms with Crippen molar-refractivity contribution in [2.24, 2.45) is 24.6 Å². The molecule has 88 heavy (non-hydrogen) atoms. The fraction of sp³-hybridized carbons (Fsp3) is 0.318. The normalized spacial score (nSPS) is 13.1. The number of pyridine rings is 1. The van der Waals surface area contributed by atoms with Crippen LogP contribution >= 0.6 is 31.9 Å². The number of halogens is 2. The highest BCUT2D eigenvalue weighted by Gasteiger charge is 2.36. The van der Waals surface area contributed by atoms with Crippen LogP contribution in [0.1, 0.15) is 72.3 Å². The minimum atomic E-state index is -0.877. The summed E-state index contributed by atoms with van der Waals surface area (Å²) in [6.07, 6.45) is 0.429. The number of aryl methyl sites for hydroxylation is 2. The second kappa shape index (κ2) is 30.5. The van der Waals surface area contributed by atoms with Crippen molar-refractivity contribution < 1.29 is 52.3 Å². The van der Waals surface area contributed by atoms with E-state index in [1.807, 2.05) is 137 Å². The zero-order chi connectivity index (χ0) is 63.2. The number of primary amides is 1. The summed E-state index contributed by atoms with van der Waals surface area (Å²) in [4.78, 5) is 107. The van der Waals surface area contributed by atoms with Gasteiger partial charge in [0, 0.05) is 84.7 Å². The Morgan fingerprint density at radius 1 is 0.727 bits per heavy atom. The van der Waals surface area contributed by atoms with E-state index in [0.29, 0.717) is 41.2 Å². The van der Waals surface area contributed by atoms with Crippen molar-refractivity contribution >= 4 is 95.4 Å². The Balaban J connectivity index is 0.878. The van der Waals surface area contributed by atoms with E-state index in [2.05, 4.69) is 52.4 Å². The number of amides is 6. The Morgan fingerprint density at radius 3 is 2.01 bits per heavy atom. The molecule has 8 rings (SSSR count). The van der Waals surface area contributed by atoms with Gasteiger partial charge in [0.15, 0.2) is 18.0 Å². The Labute approximate surface area is 526 Å². The first-order chi connectivity index (χ1) is 42.2. The van der Waals surface area contributed by atoms with E-state index in [-0.39, 0.29) is 109 Å². The van der Waals surface area contributed by atoms with Crippen LogP contribution in [-0.4, -0.2) is 114 Å². The number of aromatic nitrogens is 3. The quantitative estimate of drug-likeness (QED) is 0.00935. The average Bonchev–Trinajstić information content (AvgIpc) is 1.78. The van der Waals surface area contributed by atoms with Crippen LogP contribution in [0, 0.1) is 25.7 Å². The Morgan fingerprint density at radius 2 is 1.36 bits per heavy atom. The van der Waals surface area contributed by atoms with Gasteiger partial charge in [0.1, 0.15) is 14.5 Å². The minimum Gasteiger partial charge on any atom is -0.398 e. The van der Waals surface area contributed by atoms with E-state index in [1.54, 1.807) is 29.9 Å². The van der Waals surface area contributed by atoms with E-state index in [0.717, 1.165) is 38.2 Å². The van der Waals surface area contributed by atoms with Gasteiger partial charge in [0.25, 0.3) is 17.4 Å². The summed E-state index contributed by atoms with van der Waals surface area (Å²) in [6.45, 7) is 9.51. The number of ketones is 2. The fourth-order valence-electron chi connectivity index (χ4n) is 10.7. The number of fused-ring (bicyclic) bond motifs is 1. The number of hydrogen-bond acceptors (Lipinski definition) is 12. The maximum atomic E-state index is 14.8. The molecule has 7 N–H and O–H groups in total. The number of nitrogens with two attached hydrogens (primary N) is 2. The maximum absolute atomic E-state index is 14.8. The van der Waals surface area contributed by atoms with Gasteiger partial charge in [-0.1, -0.05) is 80.6 Å². The summed E-state index contributed by atoms with van der Waals surface area (Å²) in [5.41, 5.74) is 19.9. The molecular formula is C66H72Br2N9O11+. The summed E-state index contributed by atoms with van der Waals surface area (Å²) in [6, 6.07) is 38.1. The van der Waals surface area contributed by atoms with Gasteiger partial charge in [-0.3, -0.25) is 43.1 Å². The molecule has 0 radical (unpaired) electrons. The highest BCUT2D eigenvalue weighted by Crippen LogP contribution is 2.36. The molecule has 460 valence electrons. The largest absolute Gasteiger partial charge is 0.398 e. The summed E-state index contributed by atoms with van der Waals surface area (Å²) in [5.74, 6) is -3.54. The first-order valence-corrected chi connectivity index (χ1v) is 30.5. The molecule has 0 unspecified atom stereocenters. The van der Waals surface area contributed by atoms with E-state index >= 15 is 0 Å². The van der Waals surface area contributed by atoms with Crippen molar-refractivity contribution in [1.29, 1.82) is 0 Å². The van der Waals surface area contributed by atoms with Gasteiger partial charge in [-0.2, -0.15) is 4.57 Å². The van der Waals surface area contributed by atoms with Crippen molar-refractivity contribution in [3.63, 3.8) is 0 Å². The number of Topliss-reactive ketones (excluding diaryl/α,β-unsaturated/α-hetero) is 1. The highest BCUT2D eigenvalue weighted by molar-refractivity contribution is 9.14. The maximum Gasteiger partial charge on any atom is 0.312 e. The van der Waals surface area contributed by atoms with Gasteiger partial charge in [0.05, 0.1) is 69.3 Å². The second-order valence-electron chi connectivity index (χ2n) is 21.7. The number of nitrogens with zero attached hydrogens (tertiary/aromatic N) is 4. The number of imide groups is 1. The lowest BCUT2D eigenvalue weighted by molar-refractivity contribution is -0.668. The van der Waals surface area contributed by atoms with Gasteiger partial charge < -0.3 is 41.6 Å². The number of nitrogen functional groups attached to an aromatic ring is 1. The van der Waals surface area contributed by atoms with Gasteiger partial charge in [0.2, 0.25) is 23.1 Å². The Bertz CT molecular complexity index is 3810. The third kappa shape index (κ3) is 15.8. The summed E-state index contributed by atoms with van der Waals surface area (Å²) in [5, 5.41) is 9.27. The number of carbonyl (C=O) groups excluding carboxylic acids is 7. The zero-order valence-electron chi connectivity index (χ0n) is 49.7. The third-order valence-corrected chi connectivity index (χ3v) is 17.3. The molecule has 0 spiro atoms. The molecule has 1 aliphatic heterocycles. The molecule has 2 aromatic heterocycles. The molecule has 0 saturated heterocycles. The number of ether oxygens (including phenoxy) is 3. The number of anilines is 2. The van der Waals surface area contributed by atoms with Crippen LogP contribution in [0.5, 0.6) is 0 Å². The van der Waals surface area contributed by atoms with E-state index in [9.17, 15) is 38.4 Å². The first-order valence-electron chi connectivity index (χ1n) is 29.0. The molecule has 22 heteroatoms. The second-order valence-corrected chi connectivity index (χ2v) is 23.3. The minimum absolute atomic E-state index is 0.0153. The van der Waals surface area contributed by atoms with Gasteiger partial charge in [-0.25, -0.2) is 9.48 Å². The van der Waals surface area contributed by atoms with Crippen LogP contribution in [0.25, 0.3) is 39.0 Å². The van der Waals surface area contributed by atoms with Crippen LogP contribution < -0.4 is 37.5 Å². The molecule has 1 aliphatic rings. The molecule has 0 fully saturated rings. The number of para-hydroxylation sites is 1. The smallest absolute Gasteiger partial charge is 0.312 e. The Hall–Kier alpha value is -8.41. The van der Waals surface area contributed by atoms with Crippen molar-refractivity contribution in [3.8, 4) is 28.1 Å². The van der Waals surface area contributed by atoms with E-state index in [1.165, 1.54) is 4.68 Å². The van der Waals surface area contributed by atoms with Crippen molar-refractivity contribution in [2.75, 3.05) is 63.8 Å². The zero-order valence-corrected chi connectivity index (χ0v) is 52.9. The predicted octanol–water partition coefficient (Wildman–Crippen LogP) is 8.34. The van der Waals surface area contributed by atoms with E-state index in [4.69, 9.17) is 25.7 Å². The molecule has 20 nitrogen and oxygen atoms in total. The molecule has 0 bridgehead atoms. The molecule has 7 aromatic rings. The van der Waals surface area contributed by atoms with Gasteiger partial charge >= 0.3 is 6.03 Å². The SMILES string of the molecule is Cc1ccc(C(=O)c2c(-c3ccccc3)n(C)n(-c3ccccc3)c2=O)c(N)c1-c1ccc2c(ccc(C)[n+]2Cc2ccc(NC(=O)[C@H](CCCNC(N)=O)CC(=O)[C@@H](NC(=O)CCOCCOCCOCCN3C(=O)C(Br)=C(Br)C3=O)C(C)C)cc2)c1. The number of hydrogen-bond donors (Lipinski definition) is 5. The molecule has 3 heterocycles. The number of rotatable bonds is 30. The first kappa shape index (κ1) is 65.6. The van der Waals surface area contributed by atoms with Crippen molar-refractivity contribution in [1.82, 2.24) is 24.9 Å². The van der Waals surface area contributed by atoms with E-state index < -0.39 is 53.0 Å². The van der Waals surface area contributed by atoms with Gasteiger partial charge in [-0.15, -0.1) is 0 Å². The predicted molar refractivity (Wildman–Crippen MR) is 343 cm³/mol. The Kier molecular flexibility index (Phi) is 22.7. The number of urea groups is 1. The molecule has 6 amide bonds. The molecule has 2 atom stereocenters. The van der Waals surface area contributed by atoms with Crippen molar-refractivity contribution in [3.05, 3.63) is 175 Å². The lowest BCUT2D eigenvalue weighted by atomic mass is 9.89. The lowest BCUT2D eigenvalue weighted by Crippen LogP contribution is -2.45. The van der Waals surface area contributed by atoms with Crippen LogP contribution in [0.2, 0.25) is 0 Å². The van der Waals surface area contributed by atoms with Gasteiger partial charge in [-0.05, 0) is 117 Å². The highest BCUT2D eigenvalue weighted by atomic mass is 79.9. The summed E-state index contributed by atoms with van der Waals surface area (Å²) < 4.78 is 22.3. The summed E-state index contributed by atoms with van der Waals surface area (Å²) in [7, 11) is 1.77. The molecule has 0 saturated carbocycles. The van der Waals surface area contributed by atoms with Crippen molar-refractivity contribution in [2.45, 2.75) is 66.0 Å². The van der Waals surface area contributed by atoms with Crippen LogP contribution in [-0.2, 0) is 51.8 Å². The molecule has 5 aromatic carbocycles. The number of carbonyl (C=O) groups is 7.